The summed E-state index contributed by atoms with van der Waals surface area (Å²) in [6.45, 7) is 3.95. The number of urea groups is 1. The Balaban J connectivity index is 1.24. The van der Waals surface area contributed by atoms with Gasteiger partial charge in [-0.1, -0.05) is 12.1 Å². The van der Waals surface area contributed by atoms with Gasteiger partial charge in [0.25, 0.3) is 5.91 Å². The number of rotatable bonds is 6. The molecule has 3 amide bonds. The molecule has 0 bridgehead atoms. The molecule has 0 radical (unpaired) electrons. The molecule has 4 heterocycles. The van der Waals surface area contributed by atoms with E-state index in [0.29, 0.717) is 34.7 Å². The number of aromatic nitrogens is 4. The number of nitrogens with zero attached hydrogens (tertiary/aromatic N) is 7. The van der Waals surface area contributed by atoms with Crippen LogP contribution in [0.3, 0.4) is 0 Å². The molecule has 3 aliphatic rings. The monoisotopic (exact) mass is 484 g/mol. The minimum Gasteiger partial charge on any atom is -0.351 e. The van der Waals surface area contributed by atoms with E-state index >= 15 is 0 Å². The molecule has 2 aliphatic heterocycles. The normalized spacial score (nSPS) is 19.4. The standard InChI is InChI=1S/C24H24N10O2/c25-12-15-2-1-3-16(10-15)14-32-6-8-33(9-7-32)22-29-20-17(11-19-21(35)30-24(36)28-19)13-26-34(20)23(31-22)27-18-4-5-18/h1-3,10-11,13,18H,4-9,14H2,(H,27,29,31)(H2,28,30,35,36)/b19-11-. The molecule has 12 heteroatoms. The van der Waals surface area contributed by atoms with Gasteiger partial charge in [0.1, 0.15) is 5.70 Å². The van der Waals surface area contributed by atoms with Crippen LogP contribution < -0.4 is 20.9 Å². The van der Waals surface area contributed by atoms with Gasteiger partial charge in [-0.2, -0.15) is 24.8 Å². The van der Waals surface area contributed by atoms with E-state index in [0.717, 1.165) is 51.1 Å². The van der Waals surface area contributed by atoms with Crippen molar-refractivity contribution in [3.05, 3.63) is 52.8 Å². The highest BCUT2D eigenvalue weighted by Crippen LogP contribution is 2.27. The van der Waals surface area contributed by atoms with E-state index in [1.54, 1.807) is 16.8 Å². The molecule has 1 saturated carbocycles. The van der Waals surface area contributed by atoms with Crippen LogP contribution >= 0.6 is 0 Å². The van der Waals surface area contributed by atoms with E-state index in [2.05, 4.69) is 36.9 Å². The van der Waals surface area contributed by atoms with Crippen LogP contribution in [-0.2, 0) is 11.3 Å². The SMILES string of the molecule is N#Cc1cccc(CN2CCN(c3nc(NC4CC4)n4ncc(/C=C5\NC(=O)NC5=O)c4n3)CC2)c1. The van der Waals surface area contributed by atoms with Gasteiger partial charge in [0.15, 0.2) is 5.65 Å². The second kappa shape index (κ2) is 8.94. The first-order valence-corrected chi connectivity index (χ1v) is 11.9. The van der Waals surface area contributed by atoms with Crippen LogP contribution in [0.4, 0.5) is 16.7 Å². The molecule has 12 nitrogen and oxygen atoms in total. The van der Waals surface area contributed by atoms with Gasteiger partial charge >= 0.3 is 6.03 Å². The van der Waals surface area contributed by atoms with Gasteiger partial charge in [0.05, 0.1) is 17.8 Å². The van der Waals surface area contributed by atoms with Crippen molar-refractivity contribution in [2.24, 2.45) is 0 Å². The second-order valence-corrected chi connectivity index (χ2v) is 9.14. The summed E-state index contributed by atoms with van der Waals surface area (Å²) in [4.78, 5) is 37.6. The van der Waals surface area contributed by atoms with Gasteiger partial charge in [-0.25, -0.2) is 4.79 Å². The zero-order valence-electron chi connectivity index (χ0n) is 19.4. The second-order valence-electron chi connectivity index (χ2n) is 9.14. The maximum atomic E-state index is 12.0. The van der Waals surface area contributed by atoms with E-state index in [4.69, 9.17) is 15.2 Å². The fourth-order valence-corrected chi connectivity index (χ4v) is 4.37. The van der Waals surface area contributed by atoms with E-state index in [9.17, 15) is 9.59 Å². The number of anilines is 2. The Morgan fingerprint density at radius 3 is 2.69 bits per heavy atom. The minimum absolute atomic E-state index is 0.154. The molecule has 3 fully saturated rings. The summed E-state index contributed by atoms with van der Waals surface area (Å²) >= 11 is 0. The Kier molecular flexibility index (Phi) is 5.46. The number of hydrogen-bond acceptors (Lipinski definition) is 9. The van der Waals surface area contributed by atoms with Crippen LogP contribution in [0, 0.1) is 11.3 Å². The average Bonchev–Trinajstić information content (AvgIpc) is 3.52. The first-order valence-electron chi connectivity index (χ1n) is 11.9. The molecule has 0 atom stereocenters. The van der Waals surface area contributed by atoms with Gasteiger partial charge < -0.3 is 15.5 Å². The van der Waals surface area contributed by atoms with Crippen molar-refractivity contribution in [1.82, 2.24) is 35.1 Å². The number of nitrogens with one attached hydrogen (secondary N) is 3. The summed E-state index contributed by atoms with van der Waals surface area (Å²) < 4.78 is 1.64. The van der Waals surface area contributed by atoms with Crippen molar-refractivity contribution in [2.75, 3.05) is 36.4 Å². The lowest BCUT2D eigenvalue weighted by Gasteiger charge is -2.34. The third-order valence-electron chi connectivity index (χ3n) is 6.43. The third-order valence-corrected chi connectivity index (χ3v) is 6.43. The maximum absolute atomic E-state index is 12.0. The predicted octanol–water partition coefficient (Wildman–Crippen LogP) is 1.07. The number of imide groups is 1. The van der Waals surface area contributed by atoms with Crippen molar-refractivity contribution >= 4 is 35.6 Å². The third kappa shape index (κ3) is 4.44. The van der Waals surface area contributed by atoms with Crippen LogP contribution in [0.5, 0.6) is 0 Å². The lowest BCUT2D eigenvalue weighted by atomic mass is 10.1. The van der Waals surface area contributed by atoms with Crippen molar-refractivity contribution in [3.8, 4) is 6.07 Å². The number of hydrogen-bond donors (Lipinski definition) is 3. The molecule has 36 heavy (non-hydrogen) atoms. The Morgan fingerprint density at radius 1 is 1.14 bits per heavy atom. The van der Waals surface area contributed by atoms with Gasteiger partial charge in [-0.15, -0.1) is 0 Å². The Hall–Kier alpha value is -4.50. The molecular formula is C24H24N10O2. The van der Waals surface area contributed by atoms with E-state index in [1.165, 1.54) is 0 Å². The summed E-state index contributed by atoms with van der Waals surface area (Å²) in [5.41, 5.74) is 3.11. The van der Waals surface area contributed by atoms with E-state index in [1.807, 2.05) is 24.3 Å². The molecule has 1 aliphatic carbocycles. The highest BCUT2D eigenvalue weighted by atomic mass is 16.2. The smallest absolute Gasteiger partial charge is 0.326 e. The highest BCUT2D eigenvalue weighted by Gasteiger charge is 2.27. The van der Waals surface area contributed by atoms with Crippen LogP contribution in [0.25, 0.3) is 11.7 Å². The summed E-state index contributed by atoms with van der Waals surface area (Å²) in [7, 11) is 0. The highest BCUT2D eigenvalue weighted by molar-refractivity contribution is 6.14. The Labute approximate surface area is 206 Å². The number of piperazine rings is 1. The molecule has 6 rings (SSSR count). The van der Waals surface area contributed by atoms with Crippen molar-refractivity contribution < 1.29 is 9.59 Å². The largest absolute Gasteiger partial charge is 0.351 e. The van der Waals surface area contributed by atoms with Crippen LogP contribution in [0.2, 0.25) is 0 Å². The summed E-state index contributed by atoms with van der Waals surface area (Å²) in [6, 6.07) is 9.72. The fourth-order valence-electron chi connectivity index (χ4n) is 4.37. The van der Waals surface area contributed by atoms with Gasteiger partial charge in [-0.05, 0) is 36.6 Å². The van der Waals surface area contributed by atoms with Crippen LogP contribution in [0.1, 0.15) is 29.5 Å². The summed E-state index contributed by atoms with van der Waals surface area (Å²) in [5, 5.41) is 21.7. The number of carbonyl (C=O) groups excluding carboxylic acids is 2. The van der Waals surface area contributed by atoms with E-state index in [-0.39, 0.29) is 5.70 Å². The average molecular weight is 485 g/mol. The van der Waals surface area contributed by atoms with Crippen molar-refractivity contribution in [2.45, 2.75) is 25.4 Å². The molecule has 3 N–H and O–H groups in total. The molecule has 1 aromatic carbocycles. The molecule has 0 unspecified atom stereocenters. The zero-order valence-corrected chi connectivity index (χ0v) is 19.4. The summed E-state index contributed by atoms with van der Waals surface area (Å²) in [5.74, 6) is 0.719. The zero-order chi connectivity index (χ0) is 24.6. The van der Waals surface area contributed by atoms with Gasteiger partial charge in [0.2, 0.25) is 11.9 Å². The van der Waals surface area contributed by atoms with Gasteiger partial charge in [0, 0.05) is 44.3 Å². The maximum Gasteiger partial charge on any atom is 0.326 e. The Bertz CT molecular complexity index is 1430. The molecule has 182 valence electrons. The van der Waals surface area contributed by atoms with Crippen molar-refractivity contribution in [3.63, 3.8) is 0 Å². The number of amides is 3. The molecule has 3 aromatic rings. The summed E-state index contributed by atoms with van der Waals surface area (Å²) in [6.07, 6.45) is 5.35. The Morgan fingerprint density at radius 2 is 1.97 bits per heavy atom. The first kappa shape index (κ1) is 22.0. The fraction of sp³-hybridized carbons (Fsp3) is 0.333. The number of fused-ring (bicyclic) bond motifs is 1. The first-order chi connectivity index (χ1) is 17.6. The van der Waals surface area contributed by atoms with E-state index < -0.39 is 11.9 Å². The van der Waals surface area contributed by atoms with Gasteiger partial charge in [-0.3, -0.25) is 15.0 Å². The molecule has 2 saturated heterocycles. The minimum atomic E-state index is -0.550. The predicted molar refractivity (Wildman–Crippen MR) is 131 cm³/mol. The van der Waals surface area contributed by atoms with Crippen LogP contribution in [-0.4, -0.2) is 68.6 Å². The quantitative estimate of drug-likeness (QED) is 0.346. The molecule has 2 aromatic heterocycles. The number of benzene rings is 1. The van der Waals surface area contributed by atoms with Crippen LogP contribution in [0.15, 0.2) is 36.2 Å². The lowest BCUT2D eigenvalue weighted by molar-refractivity contribution is -0.115. The molecular weight excluding hydrogens is 460 g/mol. The lowest BCUT2D eigenvalue weighted by Crippen LogP contribution is -2.46. The number of nitriles is 1. The molecule has 0 spiro atoms. The number of carbonyl (C=O) groups is 2. The topological polar surface area (TPSA) is 144 Å². The van der Waals surface area contributed by atoms with Crippen molar-refractivity contribution in [1.29, 1.82) is 5.26 Å².